The number of aromatic nitrogens is 3. The fourth-order valence-corrected chi connectivity index (χ4v) is 2.80. The van der Waals surface area contributed by atoms with Crippen molar-refractivity contribution in [2.75, 3.05) is 7.11 Å². The van der Waals surface area contributed by atoms with Crippen molar-refractivity contribution in [1.82, 2.24) is 14.8 Å². The number of alkyl halides is 3. The van der Waals surface area contributed by atoms with E-state index in [4.69, 9.17) is 9.47 Å². The van der Waals surface area contributed by atoms with Crippen molar-refractivity contribution in [3.63, 3.8) is 0 Å². The molecule has 0 N–H and O–H groups in total. The average molecular weight is 385 g/mol. The molecule has 5 nitrogen and oxygen atoms in total. The molecular weight excluding hydrogens is 371 g/mol. The Kier molecular flexibility index (Phi) is 4.38. The smallest absolute Gasteiger partial charge is 0.416 e. The van der Waals surface area contributed by atoms with Crippen LogP contribution in [0.5, 0.6) is 17.2 Å². The van der Waals surface area contributed by atoms with E-state index < -0.39 is 11.7 Å². The van der Waals surface area contributed by atoms with Crippen molar-refractivity contribution in [3.8, 4) is 22.9 Å². The van der Waals surface area contributed by atoms with Gasteiger partial charge >= 0.3 is 6.18 Å². The van der Waals surface area contributed by atoms with Crippen molar-refractivity contribution in [1.29, 1.82) is 0 Å². The van der Waals surface area contributed by atoms with Crippen LogP contribution in [-0.2, 0) is 6.18 Å². The van der Waals surface area contributed by atoms with Gasteiger partial charge in [0.05, 0.1) is 23.9 Å². The number of methoxy groups -OCH3 is 1. The van der Waals surface area contributed by atoms with Crippen LogP contribution in [0.25, 0.3) is 16.6 Å². The SMILES string of the molecule is COc1cc(Oc2ccnc3cc(C(F)(F)F)ccc23)cc(-n2cccn2)c1. The third-order valence-corrected chi connectivity index (χ3v) is 4.13. The van der Waals surface area contributed by atoms with Crippen LogP contribution in [0, 0.1) is 0 Å². The van der Waals surface area contributed by atoms with Gasteiger partial charge in [0.2, 0.25) is 0 Å². The van der Waals surface area contributed by atoms with Crippen LogP contribution in [0.3, 0.4) is 0 Å². The molecule has 0 aliphatic carbocycles. The zero-order valence-electron chi connectivity index (χ0n) is 14.6. The van der Waals surface area contributed by atoms with E-state index in [2.05, 4.69) is 10.1 Å². The summed E-state index contributed by atoms with van der Waals surface area (Å²) >= 11 is 0. The minimum Gasteiger partial charge on any atom is -0.497 e. The molecule has 0 spiro atoms. The van der Waals surface area contributed by atoms with Gasteiger partial charge in [-0.2, -0.15) is 18.3 Å². The molecule has 2 heterocycles. The van der Waals surface area contributed by atoms with E-state index in [9.17, 15) is 13.2 Å². The molecule has 0 aliphatic heterocycles. The second kappa shape index (κ2) is 6.88. The number of ether oxygens (including phenoxy) is 2. The second-order valence-corrected chi connectivity index (χ2v) is 5.96. The molecule has 0 atom stereocenters. The van der Waals surface area contributed by atoms with Gasteiger partial charge in [-0.3, -0.25) is 4.98 Å². The van der Waals surface area contributed by atoms with Gasteiger partial charge in [0.1, 0.15) is 17.2 Å². The molecule has 0 saturated heterocycles. The van der Waals surface area contributed by atoms with Gasteiger partial charge in [-0.25, -0.2) is 4.68 Å². The number of fused-ring (bicyclic) bond motifs is 1. The lowest BCUT2D eigenvalue weighted by Gasteiger charge is -2.13. The van der Waals surface area contributed by atoms with Gasteiger partial charge in [-0.15, -0.1) is 0 Å². The third kappa shape index (κ3) is 3.48. The van der Waals surface area contributed by atoms with E-state index in [1.807, 2.05) is 0 Å². The Labute approximate surface area is 158 Å². The van der Waals surface area contributed by atoms with E-state index in [1.54, 1.807) is 47.4 Å². The predicted octanol–water partition coefficient (Wildman–Crippen LogP) is 5.24. The maximum Gasteiger partial charge on any atom is 0.416 e. The van der Waals surface area contributed by atoms with Gasteiger partial charge in [0, 0.05) is 42.2 Å². The van der Waals surface area contributed by atoms with Crippen molar-refractivity contribution >= 4 is 10.9 Å². The summed E-state index contributed by atoms with van der Waals surface area (Å²) in [5.41, 5.74) is 0.159. The topological polar surface area (TPSA) is 49.2 Å². The summed E-state index contributed by atoms with van der Waals surface area (Å²) in [6.07, 6.45) is 0.401. The number of rotatable bonds is 4. The molecule has 8 heteroatoms. The minimum atomic E-state index is -4.43. The molecule has 2 aromatic carbocycles. The zero-order chi connectivity index (χ0) is 19.7. The highest BCUT2D eigenvalue weighted by Gasteiger charge is 2.30. The van der Waals surface area contributed by atoms with Crippen LogP contribution in [0.2, 0.25) is 0 Å². The molecule has 4 aromatic rings. The summed E-state index contributed by atoms with van der Waals surface area (Å²) in [5.74, 6) is 1.40. The molecule has 0 amide bonds. The normalized spacial score (nSPS) is 11.6. The van der Waals surface area contributed by atoms with E-state index in [0.717, 1.165) is 17.8 Å². The molecule has 0 aliphatic rings. The number of benzene rings is 2. The molecular formula is C20H14F3N3O2. The first-order chi connectivity index (χ1) is 13.4. The highest BCUT2D eigenvalue weighted by atomic mass is 19.4. The number of hydrogen-bond acceptors (Lipinski definition) is 4. The molecule has 0 fully saturated rings. The molecule has 0 unspecified atom stereocenters. The molecule has 4 rings (SSSR count). The molecule has 0 radical (unpaired) electrons. The largest absolute Gasteiger partial charge is 0.497 e. The Morgan fingerprint density at radius 3 is 2.50 bits per heavy atom. The molecule has 2 aromatic heterocycles. The Bertz CT molecular complexity index is 1130. The summed E-state index contributed by atoms with van der Waals surface area (Å²) < 4.78 is 51.8. The highest BCUT2D eigenvalue weighted by Crippen LogP contribution is 2.35. The fraction of sp³-hybridized carbons (Fsp3) is 0.100. The fourth-order valence-electron chi connectivity index (χ4n) is 2.80. The molecule has 0 bridgehead atoms. The van der Waals surface area contributed by atoms with E-state index in [1.165, 1.54) is 19.4 Å². The lowest BCUT2D eigenvalue weighted by Crippen LogP contribution is -2.04. The molecule has 142 valence electrons. The van der Waals surface area contributed by atoms with Crippen LogP contribution >= 0.6 is 0 Å². The standard InChI is InChI=1S/C20H14F3N3O2/c1-27-15-10-14(26-8-2-6-25-26)11-16(12-15)28-19-5-7-24-18-9-13(20(21,22)23)3-4-17(18)19/h2-12H,1H3. The summed E-state index contributed by atoms with van der Waals surface area (Å²) in [5, 5.41) is 4.65. The average Bonchev–Trinajstić information content (AvgIpc) is 3.22. The summed E-state index contributed by atoms with van der Waals surface area (Å²) in [6, 6.07) is 12.0. The number of pyridine rings is 1. The quantitative estimate of drug-likeness (QED) is 0.482. The maximum absolute atomic E-state index is 12.9. The van der Waals surface area contributed by atoms with E-state index in [0.29, 0.717) is 22.6 Å². The Morgan fingerprint density at radius 2 is 1.79 bits per heavy atom. The van der Waals surface area contributed by atoms with Crippen molar-refractivity contribution < 1.29 is 22.6 Å². The van der Waals surface area contributed by atoms with E-state index >= 15 is 0 Å². The van der Waals surface area contributed by atoms with Gasteiger partial charge < -0.3 is 9.47 Å². The zero-order valence-corrected chi connectivity index (χ0v) is 14.6. The van der Waals surface area contributed by atoms with Crippen LogP contribution < -0.4 is 9.47 Å². The summed E-state index contributed by atoms with van der Waals surface area (Å²) in [4.78, 5) is 4.03. The van der Waals surface area contributed by atoms with Gasteiger partial charge in [0.15, 0.2) is 0 Å². The van der Waals surface area contributed by atoms with Crippen molar-refractivity contribution in [2.45, 2.75) is 6.18 Å². The Morgan fingerprint density at radius 1 is 0.964 bits per heavy atom. The van der Waals surface area contributed by atoms with Crippen LogP contribution in [0.15, 0.2) is 67.1 Å². The summed E-state index contributed by atoms with van der Waals surface area (Å²) in [6.45, 7) is 0. The van der Waals surface area contributed by atoms with Gasteiger partial charge in [-0.1, -0.05) is 0 Å². The minimum absolute atomic E-state index is 0.197. The summed E-state index contributed by atoms with van der Waals surface area (Å²) in [7, 11) is 1.53. The molecule has 0 saturated carbocycles. The second-order valence-electron chi connectivity index (χ2n) is 5.96. The van der Waals surface area contributed by atoms with Gasteiger partial charge in [0.25, 0.3) is 0 Å². The lowest BCUT2D eigenvalue weighted by atomic mass is 10.1. The van der Waals surface area contributed by atoms with Crippen LogP contribution in [-0.4, -0.2) is 21.9 Å². The number of halogens is 3. The Balaban J connectivity index is 1.75. The lowest BCUT2D eigenvalue weighted by molar-refractivity contribution is -0.137. The molecule has 28 heavy (non-hydrogen) atoms. The highest BCUT2D eigenvalue weighted by molar-refractivity contribution is 5.85. The number of hydrogen-bond donors (Lipinski definition) is 0. The van der Waals surface area contributed by atoms with Crippen LogP contribution in [0.4, 0.5) is 13.2 Å². The van der Waals surface area contributed by atoms with Gasteiger partial charge in [-0.05, 0) is 30.3 Å². The van der Waals surface area contributed by atoms with Crippen LogP contribution in [0.1, 0.15) is 5.56 Å². The first-order valence-electron chi connectivity index (χ1n) is 8.27. The number of nitrogens with zero attached hydrogens (tertiary/aromatic N) is 3. The third-order valence-electron chi connectivity index (χ3n) is 4.13. The maximum atomic E-state index is 12.9. The first kappa shape index (κ1) is 17.8. The van der Waals surface area contributed by atoms with E-state index in [-0.39, 0.29) is 5.52 Å². The van der Waals surface area contributed by atoms with Crippen molar-refractivity contribution in [3.05, 3.63) is 72.7 Å². The van der Waals surface area contributed by atoms with Crippen molar-refractivity contribution in [2.24, 2.45) is 0 Å². The predicted molar refractivity (Wildman–Crippen MR) is 96.9 cm³/mol. The Hall–Kier alpha value is -3.55. The first-order valence-corrected chi connectivity index (χ1v) is 8.27. The monoisotopic (exact) mass is 385 g/mol.